The average molecular weight is 712 g/mol. The summed E-state index contributed by atoms with van der Waals surface area (Å²) in [7, 11) is 7.36. The number of piperidine rings is 1. The number of hydrogen-bond donors (Lipinski definition) is 1. The highest BCUT2D eigenvalue weighted by Crippen LogP contribution is 2.53. The Morgan fingerprint density at radius 3 is 2.33 bits per heavy atom. The molecule has 1 aromatic heterocycles. The fourth-order valence-electron chi connectivity index (χ4n) is 8.00. The van der Waals surface area contributed by atoms with E-state index in [1.54, 1.807) is 34.8 Å². The molecule has 280 valence electrons. The molecular formula is C41H57N7O4. The summed E-state index contributed by atoms with van der Waals surface area (Å²) >= 11 is 0. The van der Waals surface area contributed by atoms with E-state index in [-0.39, 0.29) is 36.5 Å². The van der Waals surface area contributed by atoms with Gasteiger partial charge in [0.2, 0.25) is 5.91 Å². The minimum Gasteiger partial charge on any atom is -0.384 e. The van der Waals surface area contributed by atoms with Gasteiger partial charge in [-0.2, -0.15) is 15.0 Å². The number of aryl methyl sites for hydroxylation is 4. The first-order chi connectivity index (χ1) is 24.8. The molecule has 2 fully saturated rings. The Hall–Kier alpha value is -4.69. The van der Waals surface area contributed by atoms with Crippen LogP contribution in [-0.4, -0.2) is 89.1 Å². The molecule has 1 aliphatic heterocycles. The lowest BCUT2D eigenvalue weighted by atomic mass is 9.67. The van der Waals surface area contributed by atoms with Crippen LogP contribution in [0.15, 0.2) is 58.5 Å². The van der Waals surface area contributed by atoms with Gasteiger partial charge in [-0.15, -0.1) is 0 Å². The quantitative estimate of drug-likeness (QED) is 0.323. The molecule has 11 heteroatoms. The molecule has 0 bridgehead atoms. The van der Waals surface area contributed by atoms with Crippen LogP contribution in [0.5, 0.6) is 0 Å². The van der Waals surface area contributed by atoms with Crippen molar-refractivity contribution < 1.29 is 14.1 Å². The third-order valence-corrected chi connectivity index (χ3v) is 10.6. The zero-order valence-corrected chi connectivity index (χ0v) is 32.7. The van der Waals surface area contributed by atoms with E-state index in [2.05, 4.69) is 55.0 Å². The lowest BCUT2D eigenvalue weighted by molar-refractivity contribution is -0.131. The first-order valence-corrected chi connectivity index (χ1v) is 18.5. The molecule has 3 aromatic rings. The largest absolute Gasteiger partial charge is 0.459 e. The van der Waals surface area contributed by atoms with E-state index in [0.717, 1.165) is 40.7 Å². The second-order valence-corrected chi connectivity index (χ2v) is 14.5. The van der Waals surface area contributed by atoms with Gasteiger partial charge in [-0.3, -0.25) is 9.59 Å². The van der Waals surface area contributed by atoms with Crippen LogP contribution in [0.4, 0.5) is 0 Å². The molecule has 2 aromatic carbocycles. The van der Waals surface area contributed by atoms with Crippen LogP contribution >= 0.6 is 0 Å². The van der Waals surface area contributed by atoms with Crippen LogP contribution in [-0.2, 0) is 29.6 Å². The maximum Gasteiger partial charge on any atom is 0.459 e. The Labute approximate surface area is 309 Å². The van der Waals surface area contributed by atoms with Gasteiger partial charge in [0.15, 0.2) is 5.82 Å². The van der Waals surface area contributed by atoms with Crippen LogP contribution in [0.1, 0.15) is 91.5 Å². The van der Waals surface area contributed by atoms with Crippen molar-refractivity contribution in [3.63, 3.8) is 0 Å². The first kappa shape index (κ1) is 40.1. The van der Waals surface area contributed by atoms with Crippen molar-refractivity contribution in [2.75, 3.05) is 34.7 Å². The molecule has 6 atom stereocenters. The SMILES string of the molecule is C=CN(C)C.CC.CCn1oc(=O)nc1C1(CC(C)NCC(=O)N2C(C#N)CC3C(C)C32)c2ccc(C)cc2CCc2cc(C(=O)N(C)C)ccc21. The van der Waals surface area contributed by atoms with Crippen molar-refractivity contribution in [3.05, 3.63) is 98.9 Å². The number of nitrogens with zero attached hydrogens (tertiary/aromatic N) is 6. The number of hydrogen-bond acceptors (Lipinski definition) is 8. The van der Waals surface area contributed by atoms with Gasteiger partial charge >= 0.3 is 5.76 Å². The standard InChI is InChI=1S/C35H42N6O4.C4H9N.C2H6/c1-7-40-33(38-34(44)45-40)35(17-21(3)37-19-30(42)41-26(18-36)16-27-22(4)31(27)41)28-12-8-20(2)14-23(28)9-10-24-15-25(11-13-29(24)35)32(43)39(5)6;1-4-5(2)3;1-2/h8,11-15,21-22,26-27,31,37H,7,9-10,16-17,19H2,1-6H3;4H,1H2,2-3H3;1-2H3. The van der Waals surface area contributed by atoms with Crippen LogP contribution < -0.4 is 11.1 Å². The van der Waals surface area contributed by atoms with Crippen molar-refractivity contribution in [1.29, 1.82) is 5.26 Å². The van der Waals surface area contributed by atoms with Gasteiger partial charge in [0, 0.05) is 45.8 Å². The number of likely N-dealkylation sites (tertiary alicyclic amines) is 1. The van der Waals surface area contributed by atoms with E-state index in [1.807, 2.05) is 64.9 Å². The topological polar surface area (TPSA) is 128 Å². The molecule has 0 spiro atoms. The molecule has 2 aliphatic carbocycles. The van der Waals surface area contributed by atoms with Gasteiger partial charge in [0.05, 0.1) is 24.6 Å². The normalized spacial score (nSPS) is 22.8. The van der Waals surface area contributed by atoms with Crippen LogP contribution in [0.3, 0.4) is 0 Å². The number of fused-ring (bicyclic) bond motifs is 3. The summed E-state index contributed by atoms with van der Waals surface area (Å²) in [5, 5.41) is 13.2. The van der Waals surface area contributed by atoms with E-state index in [1.165, 1.54) is 0 Å². The van der Waals surface area contributed by atoms with Gasteiger partial charge in [-0.05, 0) is 98.9 Å². The summed E-state index contributed by atoms with van der Waals surface area (Å²) in [5.41, 5.74) is 4.99. The molecule has 1 saturated carbocycles. The molecule has 11 nitrogen and oxygen atoms in total. The molecule has 0 radical (unpaired) electrons. The van der Waals surface area contributed by atoms with Crippen molar-refractivity contribution in [1.82, 2.24) is 29.7 Å². The highest BCUT2D eigenvalue weighted by Gasteiger charge is 2.60. The molecule has 2 amide bonds. The van der Waals surface area contributed by atoms with E-state index in [9.17, 15) is 19.6 Å². The summed E-state index contributed by atoms with van der Waals surface area (Å²) < 4.78 is 7.18. The van der Waals surface area contributed by atoms with Gasteiger partial charge < -0.3 is 24.5 Å². The lowest BCUT2D eigenvalue weighted by Gasteiger charge is -2.38. The number of aromatic nitrogens is 2. The number of benzene rings is 2. The van der Waals surface area contributed by atoms with Gasteiger partial charge in [-0.1, -0.05) is 57.2 Å². The predicted molar refractivity (Wildman–Crippen MR) is 204 cm³/mol. The fraction of sp³-hybridized carbons (Fsp3) is 0.537. The van der Waals surface area contributed by atoms with Gasteiger partial charge in [0.25, 0.3) is 5.91 Å². The Kier molecular flexibility index (Phi) is 12.9. The van der Waals surface area contributed by atoms with E-state index >= 15 is 0 Å². The Bertz CT molecular complexity index is 1850. The highest BCUT2D eigenvalue weighted by molar-refractivity contribution is 5.94. The Morgan fingerprint density at radius 1 is 1.13 bits per heavy atom. The highest BCUT2D eigenvalue weighted by atomic mass is 16.5. The zero-order valence-electron chi connectivity index (χ0n) is 32.7. The van der Waals surface area contributed by atoms with Crippen molar-refractivity contribution in [2.45, 2.75) is 97.3 Å². The zero-order chi connectivity index (χ0) is 38.5. The van der Waals surface area contributed by atoms with E-state index < -0.39 is 11.2 Å². The van der Waals surface area contributed by atoms with Crippen LogP contribution in [0, 0.1) is 30.1 Å². The summed E-state index contributed by atoms with van der Waals surface area (Å²) in [5.74, 6) is 0.564. The van der Waals surface area contributed by atoms with Crippen LogP contribution in [0.25, 0.3) is 0 Å². The molecule has 6 rings (SSSR count). The van der Waals surface area contributed by atoms with Crippen molar-refractivity contribution >= 4 is 11.8 Å². The maximum atomic E-state index is 13.5. The molecule has 6 unspecified atom stereocenters. The monoisotopic (exact) mass is 711 g/mol. The number of amides is 2. The van der Waals surface area contributed by atoms with Crippen LogP contribution in [0.2, 0.25) is 0 Å². The molecule has 1 saturated heterocycles. The van der Waals surface area contributed by atoms with E-state index in [0.29, 0.717) is 42.6 Å². The number of carbonyl (C=O) groups excluding carboxylic acids is 2. The second kappa shape index (κ2) is 16.8. The number of nitriles is 1. The first-order valence-electron chi connectivity index (χ1n) is 18.5. The summed E-state index contributed by atoms with van der Waals surface area (Å²) in [6, 6.07) is 14.2. The fourth-order valence-corrected chi connectivity index (χ4v) is 8.00. The Balaban J connectivity index is 0.000000797. The third-order valence-electron chi connectivity index (χ3n) is 10.6. The van der Waals surface area contributed by atoms with Crippen molar-refractivity contribution in [3.8, 4) is 6.07 Å². The Morgan fingerprint density at radius 2 is 1.75 bits per heavy atom. The maximum absolute atomic E-state index is 13.5. The number of carbonyl (C=O) groups is 2. The smallest absolute Gasteiger partial charge is 0.384 e. The summed E-state index contributed by atoms with van der Waals surface area (Å²) in [6.07, 6.45) is 4.44. The van der Waals surface area contributed by atoms with Gasteiger partial charge in [0.1, 0.15) is 6.04 Å². The van der Waals surface area contributed by atoms with E-state index in [4.69, 9.17) is 4.52 Å². The molecule has 52 heavy (non-hydrogen) atoms. The number of nitrogens with one attached hydrogen (secondary N) is 1. The second-order valence-electron chi connectivity index (χ2n) is 14.5. The lowest BCUT2D eigenvalue weighted by Crippen LogP contribution is -2.47. The number of rotatable bonds is 9. The minimum absolute atomic E-state index is 0.0599. The third kappa shape index (κ3) is 7.87. The molecule has 2 heterocycles. The molecule has 3 aliphatic rings. The van der Waals surface area contributed by atoms with Crippen molar-refractivity contribution in [2.24, 2.45) is 11.8 Å². The minimum atomic E-state index is -0.912. The van der Waals surface area contributed by atoms with Gasteiger partial charge in [-0.25, -0.2) is 4.79 Å². The summed E-state index contributed by atoms with van der Waals surface area (Å²) in [4.78, 5) is 49.0. The molecule has 1 N–H and O–H groups in total. The summed E-state index contributed by atoms with van der Waals surface area (Å²) in [6.45, 7) is 16.2. The average Bonchev–Trinajstić information content (AvgIpc) is 3.42. The predicted octanol–water partition coefficient (Wildman–Crippen LogP) is 5.14. The molecular weight excluding hydrogens is 654 g/mol.